The lowest BCUT2D eigenvalue weighted by Crippen LogP contribution is -2.29. The molecule has 1 aliphatic carbocycles. The highest BCUT2D eigenvalue weighted by Gasteiger charge is 2.23. The van der Waals surface area contributed by atoms with Crippen molar-refractivity contribution in [2.45, 2.75) is 58.0 Å². The highest BCUT2D eigenvalue weighted by atomic mass is 16.1. The first-order valence-electron chi connectivity index (χ1n) is 8.57. The summed E-state index contributed by atoms with van der Waals surface area (Å²) >= 11 is 0. The maximum atomic E-state index is 12.6. The molecule has 23 heavy (non-hydrogen) atoms. The van der Waals surface area contributed by atoms with Crippen LogP contribution in [0.25, 0.3) is 0 Å². The molecule has 0 bridgehead atoms. The molecule has 2 aliphatic rings. The third kappa shape index (κ3) is 2.64. The first-order chi connectivity index (χ1) is 11.2. The number of carbonyl (C=O) groups is 1. The van der Waals surface area contributed by atoms with E-state index in [0.717, 1.165) is 49.4 Å². The Hall–Kier alpha value is -2.17. The molecule has 5 heteroatoms. The lowest BCUT2D eigenvalue weighted by Gasteiger charge is -2.18. The number of nitrogens with one attached hydrogen (secondary N) is 1. The number of hydrogen-bond donors (Lipinski definition) is 1. The molecule has 2 aromatic rings. The summed E-state index contributed by atoms with van der Waals surface area (Å²) in [7, 11) is 0. The van der Waals surface area contributed by atoms with Crippen molar-refractivity contribution >= 4 is 5.91 Å². The average molecular weight is 310 g/mol. The molecule has 1 aliphatic heterocycles. The fraction of sp³-hybridized carbons (Fsp3) is 0.500. The summed E-state index contributed by atoms with van der Waals surface area (Å²) in [5.74, 6) is 1.87. The zero-order valence-electron chi connectivity index (χ0n) is 13.5. The van der Waals surface area contributed by atoms with Crippen molar-refractivity contribution in [3.05, 3.63) is 46.5 Å². The van der Waals surface area contributed by atoms with Gasteiger partial charge < -0.3 is 9.88 Å². The number of carbonyl (C=O) groups excluding carboxylic acids is 1. The number of aryl methyl sites for hydroxylation is 3. The minimum atomic E-state index is -0.127. The van der Waals surface area contributed by atoms with Gasteiger partial charge in [0.2, 0.25) is 0 Å². The quantitative estimate of drug-likeness (QED) is 0.948. The van der Waals surface area contributed by atoms with Crippen molar-refractivity contribution in [2.24, 2.45) is 0 Å². The smallest absolute Gasteiger partial charge is 0.251 e. The number of nitrogens with zero attached hydrogens (tertiary/aromatic N) is 3. The molecule has 0 spiro atoms. The van der Waals surface area contributed by atoms with Crippen LogP contribution >= 0.6 is 0 Å². The Morgan fingerprint density at radius 3 is 2.83 bits per heavy atom. The number of aromatic nitrogens is 3. The molecule has 1 aromatic carbocycles. The zero-order chi connectivity index (χ0) is 15.8. The summed E-state index contributed by atoms with van der Waals surface area (Å²) in [6, 6.07) is 5.99. The molecular weight excluding hydrogens is 288 g/mol. The number of hydrogen-bond acceptors (Lipinski definition) is 3. The van der Waals surface area contributed by atoms with Gasteiger partial charge in [0, 0.05) is 18.5 Å². The van der Waals surface area contributed by atoms with E-state index >= 15 is 0 Å². The van der Waals surface area contributed by atoms with E-state index < -0.39 is 0 Å². The Morgan fingerprint density at radius 2 is 1.96 bits per heavy atom. The van der Waals surface area contributed by atoms with E-state index in [1.807, 2.05) is 13.0 Å². The van der Waals surface area contributed by atoms with Gasteiger partial charge in [0.1, 0.15) is 5.82 Å². The Balaban J connectivity index is 1.51. The van der Waals surface area contributed by atoms with Gasteiger partial charge in [-0.05, 0) is 62.3 Å². The van der Waals surface area contributed by atoms with Crippen LogP contribution in [-0.2, 0) is 25.8 Å². The molecule has 0 unspecified atom stereocenters. The summed E-state index contributed by atoms with van der Waals surface area (Å²) in [5, 5.41) is 11.5. The Morgan fingerprint density at radius 1 is 1.13 bits per heavy atom. The molecule has 120 valence electrons. The van der Waals surface area contributed by atoms with Crippen LogP contribution < -0.4 is 5.32 Å². The average Bonchev–Trinajstić information content (AvgIpc) is 3.17. The molecule has 1 atom stereocenters. The third-order valence-corrected chi connectivity index (χ3v) is 4.98. The van der Waals surface area contributed by atoms with Crippen molar-refractivity contribution in [1.29, 1.82) is 0 Å². The topological polar surface area (TPSA) is 59.8 Å². The van der Waals surface area contributed by atoms with Gasteiger partial charge in [0.05, 0.1) is 6.04 Å². The summed E-state index contributed by atoms with van der Waals surface area (Å²) in [6.07, 6.45) is 6.80. The van der Waals surface area contributed by atoms with Gasteiger partial charge in [-0.25, -0.2) is 0 Å². The molecule has 0 saturated carbocycles. The molecule has 1 aromatic heterocycles. The lowest BCUT2D eigenvalue weighted by molar-refractivity contribution is 0.0937. The Labute approximate surface area is 136 Å². The summed E-state index contributed by atoms with van der Waals surface area (Å²) in [6.45, 7) is 2.93. The highest BCUT2D eigenvalue weighted by molar-refractivity contribution is 5.94. The molecule has 4 rings (SSSR count). The molecule has 0 radical (unpaired) electrons. The van der Waals surface area contributed by atoms with Crippen LogP contribution in [0.4, 0.5) is 0 Å². The third-order valence-electron chi connectivity index (χ3n) is 4.98. The second-order valence-corrected chi connectivity index (χ2v) is 6.62. The maximum absolute atomic E-state index is 12.6. The van der Waals surface area contributed by atoms with Gasteiger partial charge in [0.15, 0.2) is 5.82 Å². The van der Waals surface area contributed by atoms with Crippen LogP contribution in [0.5, 0.6) is 0 Å². The number of fused-ring (bicyclic) bond motifs is 2. The zero-order valence-corrected chi connectivity index (χ0v) is 13.5. The predicted molar refractivity (Wildman–Crippen MR) is 87.3 cm³/mol. The van der Waals surface area contributed by atoms with Gasteiger partial charge in [0.25, 0.3) is 5.91 Å². The van der Waals surface area contributed by atoms with Crippen molar-refractivity contribution < 1.29 is 4.79 Å². The van der Waals surface area contributed by atoms with Crippen molar-refractivity contribution in [1.82, 2.24) is 20.1 Å². The predicted octanol–water partition coefficient (Wildman–Crippen LogP) is 2.59. The number of benzene rings is 1. The molecule has 1 amide bonds. The number of rotatable bonds is 3. The van der Waals surface area contributed by atoms with Crippen LogP contribution in [0.15, 0.2) is 18.2 Å². The van der Waals surface area contributed by atoms with Crippen LogP contribution in [0, 0.1) is 0 Å². The van der Waals surface area contributed by atoms with E-state index in [-0.39, 0.29) is 11.9 Å². The van der Waals surface area contributed by atoms with Gasteiger partial charge in [-0.15, -0.1) is 10.2 Å². The van der Waals surface area contributed by atoms with Crippen LogP contribution in [0.3, 0.4) is 0 Å². The van der Waals surface area contributed by atoms with Gasteiger partial charge in [-0.2, -0.15) is 0 Å². The van der Waals surface area contributed by atoms with Crippen LogP contribution in [0.1, 0.15) is 65.4 Å². The summed E-state index contributed by atoms with van der Waals surface area (Å²) < 4.78 is 2.14. The van der Waals surface area contributed by atoms with E-state index in [0.29, 0.717) is 0 Å². The van der Waals surface area contributed by atoms with E-state index in [2.05, 4.69) is 32.2 Å². The van der Waals surface area contributed by atoms with Crippen LogP contribution in [-0.4, -0.2) is 20.7 Å². The van der Waals surface area contributed by atoms with E-state index in [1.165, 1.54) is 24.0 Å². The Bertz CT molecular complexity index is 749. The molecule has 0 fully saturated rings. The maximum Gasteiger partial charge on any atom is 0.251 e. The highest BCUT2D eigenvalue weighted by Crippen LogP contribution is 2.23. The first-order valence-corrected chi connectivity index (χ1v) is 8.57. The van der Waals surface area contributed by atoms with Crippen molar-refractivity contribution in [3.8, 4) is 0 Å². The normalized spacial score (nSPS) is 17.4. The fourth-order valence-corrected chi connectivity index (χ4v) is 3.71. The minimum absolute atomic E-state index is 0.0266. The standard InChI is InChI=1S/C18H22N4O/c1-12(17-21-20-16-7-4-10-22(16)17)19-18(23)15-9-8-13-5-2-3-6-14(13)11-15/h8-9,11-12H,2-7,10H2,1H3,(H,19,23)/t12-/m0/s1. The van der Waals surface area contributed by atoms with E-state index in [1.54, 1.807) is 0 Å². The fourth-order valence-electron chi connectivity index (χ4n) is 3.71. The molecule has 0 saturated heterocycles. The molecule has 1 N–H and O–H groups in total. The second-order valence-electron chi connectivity index (χ2n) is 6.62. The summed E-state index contributed by atoms with van der Waals surface area (Å²) in [5.41, 5.74) is 3.48. The second kappa shape index (κ2) is 5.80. The Kier molecular flexibility index (Phi) is 3.63. The van der Waals surface area contributed by atoms with Gasteiger partial charge >= 0.3 is 0 Å². The molecular formula is C18H22N4O. The van der Waals surface area contributed by atoms with E-state index in [4.69, 9.17) is 0 Å². The molecule has 2 heterocycles. The van der Waals surface area contributed by atoms with Gasteiger partial charge in [-0.3, -0.25) is 4.79 Å². The summed E-state index contributed by atoms with van der Waals surface area (Å²) in [4.78, 5) is 12.6. The number of amides is 1. The SMILES string of the molecule is C[C@H](NC(=O)c1ccc2c(c1)CCCC2)c1nnc2n1CCC2. The largest absolute Gasteiger partial charge is 0.342 e. The van der Waals surface area contributed by atoms with Gasteiger partial charge in [-0.1, -0.05) is 6.07 Å². The first kappa shape index (κ1) is 14.4. The van der Waals surface area contributed by atoms with E-state index in [9.17, 15) is 4.79 Å². The van der Waals surface area contributed by atoms with Crippen molar-refractivity contribution in [3.63, 3.8) is 0 Å². The minimum Gasteiger partial charge on any atom is -0.342 e. The van der Waals surface area contributed by atoms with Crippen LogP contribution in [0.2, 0.25) is 0 Å². The molecule has 5 nitrogen and oxygen atoms in total. The van der Waals surface area contributed by atoms with Crippen molar-refractivity contribution in [2.75, 3.05) is 0 Å². The lowest BCUT2D eigenvalue weighted by atomic mass is 9.90. The monoisotopic (exact) mass is 310 g/mol.